The van der Waals surface area contributed by atoms with Crippen LogP contribution in [0.2, 0.25) is 5.02 Å². The fourth-order valence-electron chi connectivity index (χ4n) is 0.857. The van der Waals surface area contributed by atoms with Gasteiger partial charge in [-0.15, -0.1) is 0 Å². The molecular formula is C9H5ClN2O2. The predicted octanol–water partition coefficient (Wildman–Crippen LogP) is 1.88. The minimum atomic E-state index is -0.633. The van der Waals surface area contributed by atoms with E-state index < -0.39 is 11.5 Å². The SMILES string of the molecule is N#C/C(=N/O)C(=O)c1ccc(Cl)cc1. The molecular weight excluding hydrogens is 204 g/mol. The van der Waals surface area contributed by atoms with Gasteiger partial charge in [-0.05, 0) is 24.3 Å². The summed E-state index contributed by atoms with van der Waals surface area (Å²) in [6.45, 7) is 0. The van der Waals surface area contributed by atoms with E-state index >= 15 is 0 Å². The molecule has 0 spiro atoms. The molecule has 0 aromatic heterocycles. The van der Waals surface area contributed by atoms with Crippen LogP contribution in [-0.2, 0) is 0 Å². The van der Waals surface area contributed by atoms with Crippen molar-refractivity contribution in [2.24, 2.45) is 5.16 Å². The van der Waals surface area contributed by atoms with Crippen LogP contribution in [0.4, 0.5) is 0 Å². The summed E-state index contributed by atoms with van der Waals surface area (Å²) in [5.41, 5.74) is -0.295. The molecule has 70 valence electrons. The van der Waals surface area contributed by atoms with E-state index in [1.54, 1.807) is 0 Å². The van der Waals surface area contributed by atoms with Gasteiger partial charge >= 0.3 is 0 Å². The van der Waals surface area contributed by atoms with Gasteiger partial charge in [-0.1, -0.05) is 16.8 Å². The Morgan fingerprint density at radius 3 is 2.43 bits per heavy atom. The zero-order valence-electron chi connectivity index (χ0n) is 6.94. The number of carbonyl (C=O) groups is 1. The van der Waals surface area contributed by atoms with Crippen molar-refractivity contribution in [3.05, 3.63) is 34.9 Å². The van der Waals surface area contributed by atoms with Crippen molar-refractivity contribution in [1.29, 1.82) is 5.26 Å². The molecule has 0 saturated carbocycles. The van der Waals surface area contributed by atoms with E-state index in [9.17, 15) is 4.79 Å². The maximum Gasteiger partial charge on any atom is 0.227 e. The normalized spacial score (nSPS) is 10.7. The number of ketones is 1. The van der Waals surface area contributed by atoms with Gasteiger partial charge in [0.2, 0.25) is 11.5 Å². The topological polar surface area (TPSA) is 73.4 Å². The fraction of sp³-hybridized carbons (Fsp3) is 0. The standard InChI is InChI=1S/C9H5ClN2O2/c10-7-3-1-6(2-4-7)9(13)8(5-11)12-14/h1-4,14H/b12-8-. The van der Waals surface area contributed by atoms with Crippen LogP contribution in [0.3, 0.4) is 0 Å². The van der Waals surface area contributed by atoms with Gasteiger partial charge in [0.05, 0.1) is 0 Å². The first-order valence-electron chi connectivity index (χ1n) is 3.61. The Morgan fingerprint density at radius 1 is 1.43 bits per heavy atom. The second-order valence-corrected chi connectivity index (χ2v) is 2.83. The first kappa shape index (κ1) is 10.2. The molecule has 5 heteroatoms. The van der Waals surface area contributed by atoms with Crippen molar-refractivity contribution in [2.45, 2.75) is 0 Å². The summed E-state index contributed by atoms with van der Waals surface area (Å²) in [5, 5.41) is 19.8. The van der Waals surface area contributed by atoms with Gasteiger partial charge in [0, 0.05) is 10.6 Å². The Labute approximate surface area is 85.0 Å². The van der Waals surface area contributed by atoms with Crippen molar-refractivity contribution in [2.75, 3.05) is 0 Å². The lowest BCUT2D eigenvalue weighted by Crippen LogP contribution is -2.11. The molecule has 0 unspecified atom stereocenters. The van der Waals surface area contributed by atoms with E-state index in [2.05, 4.69) is 5.16 Å². The number of hydrogen-bond acceptors (Lipinski definition) is 4. The third kappa shape index (κ3) is 2.09. The second-order valence-electron chi connectivity index (χ2n) is 2.40. The Morgan fingerprint density at radius 2 is 2.00 bits per heavy atom. The number of halogens is 1. The van der Waals surface area contributed by atoms with Crippen LogP contribution in [0.1, 0.15) is 10.4 Å². The molecule has 0 aliphatic rings. The zero-order chi connectivity index (χ0) is 10.6. The minimum absolute atomic E-state index is 0.253. The number of rotatable bonds is 2. The summed E-state index contributed by atoms with van der Waals surface area (Å²) in [5.74, 6) is -0.633. The van der Waals surface area contributed by atoms with E-state index in [0.29, 0.717) is 5.02 Å². The molecule has 0 saturated heterocycles. The smallest absolute Gasteiger partial charge is 0.227 e. The Kier molecular flexibility index (Phi) is 3.21. The van der Waals surface area contributed by atoms with Crippen LogP contribution in [0.15, 0.2) is 29.4 Å². The molecule has 1 aromatic rings. The van der Waals surface area contributed by atoms with Crippen molar-refractivity contribution >= 4 is 23.1 Å². The van der Waals surface area contributed by atoms with Crippen molar-refractivity contribution in [3.8, 4) is 6.07 Å². The van der Waals surface area contributed by atoms with E-state index in [1.807, 2.05) is 0 Å². The molecule has 0 radical (unpaired) electrons. The summed E-state index contributed by atoms with van der Waals surface area (Å²) in [6.07, 6.45) is 0. The van der Waals surface area contributed by atoms with Gasteiger partial charge in [-0.2, -0.15) is 5.26 Å². The molecule has 0 aliphatic heterocycles. The molecule has 0 atom stereocenters. The molecule has 14 heavy (non-hydrogen) atoms. The lowest BCUT2D eigenvalue weighted by molar-refractivity contribution is 0.106. The Hall–Kier alpha value is -1.86. The number of carbonyl (C=O) groups excluding carboxylic acids is 1. The highest BCUT2D eigenvalue weighted by Gasteiger charge is 2.13. The third-order valence-corrected chi connectivity index (χ3v) is 1.78. The maximum absolute atomic E-state index is 11.4. The highest BCUT2D eigenvalue weighted by Crippen LogP contribution is 2.10. The number of benzene rings is 1. The summed E-state index contributed by atoms with van der Waals surface area (Å²) in [6, 6.07) is 7.42. The van der Waals surface area contributed by atoms with Crippen LogP contribution >= 0.6 is 11.6 Å². The van der Waals surface area contributed by atoms with Crippen LogP contribution in [-0.4, -0.2) is 16.7 Å². The van der Waals surface area contributed by atoms with Crippen molar-refractivity contribution in [3.63, 3.8) is 0 Å². The summed E-state index contributed by atoms with van der Waals surface area (Å²) in [4.78, 5) is 11.4. The molecule has 0 heterocycles. The second kappa shape index (κ2) is 4.40. The number of hydrogen-bond donors (Lipinski definition) is 1. The molecule has 0 amide bonds. The number of nitriles is 1. The lowest BCUT2D eigenvalue weighted by atomic mass is 10.1. The highest BCUT2D eigenvalue weighted by molar-refractivity contribution is 6.51. The molecule has 1 rings (SSSR count). The Bertz CT molecular complexity index is 417. The lowest BCUT2D eigenvalue weighted by Gasteiger charge is -1.96. The molecule has 0 bridgehead atoms. The summed E-state index contributed by atoms with van der Waals surface area (Å²) >= 11 is 5.61. The van der Waals surface area contributed by atoms with Crippen molar-refractivity contribution in [1.82, 2.24) is 0 Å². The first-order valence-corrected chi connectivity index (χ1v) is 3.99. The minimum Gasteiger partial charge on any atom is -0.410 e. The van der Waals surface area contributed by atoms with Gasteiger partial charge in [-0.3, -0.25) is 4.79 Å². The maximum atomic E-state index is 11.4. The molecule has 4 nitrogen and oxygen atoms in total. The average molecular weight is 209 g/mol. The number of oxime groups is 1. The Balaban J connectivity index is 3.03. The first-order chi connectivity index (χ1) is 6.69. The van der Waals surface area contributed by atoms with Crippen molar-refractivity contribution < 1.29 is 10.0 Å². The number of Topliss-reactive ketones (excluding diaryl/α,β-unsaturated/α-hetero) is 1. The van der Waals surface area contributed by atoms with Gasteiger partial charge in [-0.25, -0.2) is 0 Å². The molecule has 0 aliphatic carbocycles. The van der Waals surface area contributed by atoms with E-state index in [-0.39, 0.29) is 5.56 Å². The summed E-state index contributed by atoms with van der Waals surface area (Å²) in [7, 11) is 0. The average Bonchev–Trinajstić information content (AvgIpc) is 2.20. The number of nitrogens with zero attached hydrogens (tertiary/aromatic N) is 2. The molecule has 1 N–H and O–H groups in total. The van der Waals surface area contributed by atoms with Gasteiger partial charge in [0.25, 0.3) is 0 Å². The third-order valence-electron chi connectivity index (χ3n) is 1.53. The van der Waals surface area contributed by atoms with Crippen LogP contribution in [0.5, 0.6) is 0 Å². The van der Waals surface area contributed by atoms with E-state index in [0.717, 1.165) is 0 Å². The van der Waals surface area contributed by atoms with E-state index in [4.69, 9.17) is 22.1 Å². The largest absolute Gasteiger partial charge is 0.410 e. The van der Waals surface area contributed by atoms with Gasteiger partial charge in [0.1, 0.15) is 6.07 Å². The van der Waals surface area contributed by atoms with E-state index in [1.165, 1.54) is 30.3 Å². The zero-order valence-corrected chi connectivity index (χ0v) is 7.69. The quantitative estimate of drug-likeness (QED) is 0.349. The monoisotopic (exact) mass is 208 g/mol. The van der Waals surface area contributed by atoms with Crippen LogP contribution in [0.25, 0.3) is 0 Å². The summed E-state index contributed by atoms with van der Waals surface area (Å²) < 4.78 is 0. The van der Waals surface area contributed by atoms with Gasteiger partial charge in [0.15, 0.2) is 0 Å². The highest BCUT2D eigenvalue weighted by atomic mass is 35.5. The molecule has 1 aromatic carbocycles. The van der Waals surface area contributed by atoms with Crippen LogP contribution < -0.4 is 0 Å². The van der Waals surface area contributed by atoms with Crippen LogP contribution in [0, 0.1) is 11.3 Å². The fourth-order valence-corrected chi connectivity index (χ4v) is 0.983. The predicted molar refractivity (Wildman–Crippen MR) is 50.6 cm³/mol. The van der Waals surface area contributed by atoms with Gasteiger partial charge < -0.3 is 5.21 Å². The molecule has 0 fully saturated rings.